The zero-order chi connectivity index (χ0) is 19.2. The lowest BCUT2D eigenvalue weighted by molar-refractivity contribution is -0.113. The van der Waals surface area contributed by atoms with Crippen molar-refractivity contribution in [2.45, 2.75) is 11.8 Å². The van der Waals surface area contributed by atoms with Gasteiger partial charge in [0.15, 0.2) is 0 Å². The van der Waals surface area contributed by atoms with E-state index in [2.05, 4.69) is 20.8 Å². The van der Waals surface area contributed by atoms with E-state index in [1.807, 2.05) is 13.0 Å². The van der Waals surface area contributed by atoms with Crippen LogP contribution >= 0.6 is 23.1 Å². The number of thioether (sulfide) groups is 1. The van der Waals surface area contributed by atoms with E-state index in [0.29, 0.717) is 10.8 Å². The average Bonchev–Trinajstić information content (AvgIpc) is 3.05. The molecule has 0 bridgehead atoms. The van der Waals surface area contributed by atoms with E-state index in [-0.39, 0.29) is 17.2 Å². The summed E-state index contributed by atoms with van der Waals surface area (Å²) in [6.07, 6.45) is 0. The molecule has 2 aromatic carbocycles. The number of benzene rings is 2. The van der Waals surface area contributed by atoms with Crippen LogP contribution < -0.4 is 10.6 Å². The van der Waals surface area contributed by atoms with Gasteiger partial charge in [0.25, 0.3) is 5.91 Å². The number of nitrogens with zero attached hydrogens (tertiary/aromatic N) is 2. The van der Waals surface area contributed by atoms with Crippen LogP contribution in [0.3, 0.4) is 0 Å². The van der Waals surface area contributed by atoms with Gasteiger partial charge in [-0.15, -0.1) is 22.0 Å². The summed E-state index contributed by atoms with van der Waals surface area (Å²) in [5, 5.41) is 14.3. The molecule has 1 heterocycles. The van der Waals surface area contributed by atoms with Crippen LogP contribution in [0.4, 0.5) is 15.2 Å². The monoisotopic (exact) mass is 402 g/mol. The molecule has 2 amide bonds. The van der Waals surface area contributed by atoms with Crippen molar-refractivity contribution in [2.75, 3.05) is 16.4 Å². The summed E-state index contributed by atoms with van der Waals surface area (Å²) in [6, 6.07) is 12.8. The summed E-state index contributed by atoms with van der Waals surface area (Å²) >= 11 is 2.62. The summed E-state index contributed by atoms with van der Waals surface area (Å²) in [4.78, 5) is 25.0. The molecule has 0 aliphatic carbocycles. The lowest BCUT2D eigenvalue weighted by atomic mass is 10.2. The van der Waals surface area contributed by atoms with Crippen molar-refractivity contribution in [3.8, 4) is 0 Å². The first kappa shape index (κ1) is 19.0. The van der Waals surface area contributed by atoms with Crippen molar-refractivity contribution in [1.29, 1.82) is 0 Å². The number of carbonyl (C=O) groups excluding carboxylic acids is 2. The summed E-state index contributed by atoms with van der Waals surface area (Å²) in [5.41, 5.74) is 0.496. The molecule has 0 fully saturated rings. The van der Waals surface area contributed by atoms with Gasteiger partial charge in [0.2, 0.25) is 11.0 Å². The maximum Gasteiger partial charge on any atom is 0.258 e. The van der Waals surface area contributed by atoms with Crippen molar-refractivity contribution in [1.82, 2.24) is 10.2 Å². The third-order valence-electron chi connectivity index (χ3n) is 3.35. The number of nitrogens with one attached hydrogen (secondary N) is 2. The van der Waals surface area contributed by atoms with Gasteiger partial charge in [-0.1, -0.05) is 29.5 Å². The lowest BCUT2D eigenvalue weighted by Crippen LogP contribution is -2.14. The fourth-order valence-corrected chi connectivity index (χ4v) is 3.52. The van der Waals surface area contributed by atoms with Crippen LogP contribution in [0.1, 0.15) is 15.4 Å². The maximum atomic E-state index is 13.7. The Morgan fingerprint density at radius 3 is 2.67 bits per heavy atom. The number of carbonyl (C=O) groups is 2. The second-order valence-corrected chi connectivity index (χ2v) is 7.66. The molecular formula is C18H15FN4O2S2. The number of aryl methyl sites for hydroxylation is 1. The van der Waals surface area contributed by atoms with Gasteiger partial charge in [-0.3, -0.25) is 14.9 Å². The molecule has 9 heteroatoms. The largest absolute Gasteiger partial charge is 0.322 e. The third kappa shape index (κ3) is 5.35. The third-order valence-corrected chi connectivity index (χ3v) is 5.10. The summed E-state index contributed by atoms with van der Waals surface area (Å²) in [5.74, 6) is -1.12. The Labute approximate surface area is 163 Å². The Balaban J connectivity index is 1.58. The molecule has 0 aliphatic heterocycles. The number of aromatic nitrogens is 2. The molecule has 1 aromatic heterocycles. The van der Waals surface area contributed by atoms with Crippen LogP contribution in [0.2, 0.25) is 0 Å². The van der Waals surface area contributed by atoms with Crippen LogP contribution in [0, 0.1) is 12.7 Å². The van der Waals surface area contributed by atoms with Crippen molar-refractivity contribution in [3.63, 3.8) is 0 Å². The van der Waals surface area contributed by atoms with Crippen molar-refractivity contribution in [3.05, 3.63) is 64.9 Å². The van der Waals surface area contributed by atoms with Gasteiger partial charge in [0.1, 0.15) is 10.8 Å². The van der Waals surface area contributed by atoms with Gasteiger partial charge in [0, 0.05) is 10.6 Å². The van der Waals surface area contributed by atoms with E-state index in [4.69, 9.17) is 0 Å². The molecule has 3 aromatic rings. The van der Waals surface area contributed by atoms with Gasteiger partial charge in [-0.05, 0) is 37.3 Å². The standard InChI is InChI=1S/C18H15FN4O2S2/c1-11-22-23-18(27-11)21-16(24)10-26-13-6-4-5-12(9-13)20-17(25)14-7-2-3-8-15(14)19/h2-9H,10H2,1H3,(H,20,25)(H,21,23,24). The highest BCUT2D eigenvalue weighted by Crippen LogP contribution is 2.23. The molecule has 0 radical (unpaired) electrons. The van der Waals surface area contributed by atoms with Crippen LogP contribution in [0.5, 0.6) is 0 Å². The predicted molar refractivity (Wildman–Crippen MR) is 105 cm³/mol. The number of rotatable bonds is 6. The normalized spacial score (nSPS) is 10.4. The first-order valence-corrected chi connectivity index (χ1v) is 9.70. The Bertz CT molecular complexity index is 977. The Kier molecular flexibility index (Phi) is 6.15. The van der Waals surface area contributed by atoms with Gasteiger partial charge >= 0.3 is 0 Å². The second-order valence-electron chi connectivity index (χ2n) is 5.42. The van der Waals surface area contributed by atoms with Gasteiger partial charge in [-0.2, -0.15) is 0 Å². The average molecular weight is 402 g/mol. The highest BCUT2D eigenvalue weighted by molar-refractivity contribution is 8.00. The first-order chi connectivity index (χ1) is 13.0. The van der Waals surface area contributed by atoms with E-state index in [9.17, 15) is 14.0 Å². The van der Waals surface area contributed by atoms with E-state index in [1.165, 1.54) is 41.3 Å². The highest BCUT2D eigenvalue weighted by atomic mass is 32.2. The van der Waals surface area contributed by atoms with E-state index in [1.54, 1.807) is 24.3 Å². The van der Waals surface area contributed by atoms with Crippen LogP contribution in [-0.4, -0.2) is 27.8 Å². The minimum Gasteiger partial charge on any atom is -0.322 e. The van der Waals surface area contributed by atoms with Gasteiger partial charge < -0.3 is 5.32 Å². The van der Waals surface area contributed by atoms with E-state index >= 15 is 0 Å². The maximum absolute atomic E-state index is 13.7. The van der Waals surface area contributed by atoms with Crippen molar-refractivity contribution >= 4 is 45.7 Å². The Morgan fingerprint density at radius 2 is 1.93 bits per heavy atom. The first-order valence-electron chi connectivity index (χ1n) is 7.90. The molecule has 2 N–H and O–H groups in total. The molecule has 0 spiro atoms. The summed E-state index contributed by atoms with van der Waals surface area (Å²) < 4.78 is 13.7. The summed E-state index contributed by atoms with van der Waals surface area (Å²) in [6.45, 7) is 1.81. The van der Waals surface area contributed by atoms with E-state index in [0.717, 1.165) is 9.90 Å². The molecule has 3 rings (SSSR count). The van der Waals surface area contributed by atoms with Crippen LogP contribution in [0.15, 0.2) is 53.4 Å². The number of hydrogen-bond donors (Lipinski definition) is 2. The Hall–Kier alpha value is -2.78. The fraction of sp³-hybridized carbons (Fsp3) is 0.111. The highest BCUT2D eigenvalue weighted by Gasteiger charge is 2.12. The molecular weight excluding hydrogens is 387 g/mol. The number of halogens is 1. The molecule has 0 saturated carbocycles. The molecule has 0 unspecified atom stereocenters. The minimum atomic E-state index is -0.580. The molecule has 6 nitrogen and oxygen atoms in total. The predicted octanol–water partition coefficient (Wildman–Crippen LogP) is 3.97. The number of amides is 2. The second kappa shape index (κ2) is 8.74. The van der Waals surface area contributed by atoms with Crippen LogP contribution in [-0.2, 0) is 4.79 Å². The zero-order valence-corrected chi connectivity index (χ0v) is 15.9. The minimum absolute atomic E-state index is 0.0257. The molecule has 0 atom stereocenters. The topological polar surface area (TPSA) is 84.0 Å². The number of hydrogen-bond acceptors (Lipinski definition) is 6. The molecule has 0 saturated heterocycles. The van der Waals surface area contributed by atoms with Gasteiger partial charge in [0.05, 0.1) is 11.3 Å². The lowest BCUT2D eigenvalue weighted by Gasteiger charge is -2.08. The molecule has 138 valence electrons. The zero-order valence-electron chi connectivity index (χ0n) is 14.2. The Morgan fingerprint density at radius 1 is 1.11 bits per heavy atom. The van der Waals surface area contributed by atoms with E-state index < -0.39 is 11.7 Å². The van der Waals surface area contributed by atoms with Crippen molar-refractivity contribution < 1.29 is 14.0 Å². The molecule has 0 aliphatic rings. The number of anilines is 2. The van der Waals surface area contributed by atoms with Crippen molar-refractivity contribution in [2.24, 2.45) is 0 Å². The van der Waals surface area contributed by atoms with Crippen LogP contribution in [0.25, 0.3) is 0 Å². The van der Waals surface area contributed by atoms with Gasteiger partial charge in [-0.25, -0.2) is 4.39 Å². The fourth-order valence-electron chi connectivity index (χ4n) is 2.16. The molecule has 27 heavy (non-hydrogen) atoms. The quantitative estimate of drug-likeness (QED) is 0.610. The smallest absolute Gasteiger partial charge is 0.258 e. The summed E-state index contributed by atoms with van der Waals surface area (Å²) in [7, 11) is 0. The SMILES string of the molecule is Cc1nnc(NC(=O)CSc2cccc(NC(=O)c3ccccc3F)c2)s1.